The first kappa shape index (κ1) is 19.2. The normalized spacial score (nSPS) is 10.9. The standard InChI is InChI=1S/C21H21N7O2/c1-4-18(29)24-14-6-5-7-16(10-14)30-20-17-8-9-22-19(17)26-21(27-20)25-15-11-23-28(12-15)13(2)3/h4-13H,1H2,2-3H3,(H,24,29)(H2,22,25,26,27). The molecule has 0 unspecified atom stereocenters. The van der Waals surface area contributed by atoms with E-state index >= 15 is 0 Å². The van der Waals surface area contributed by atoms with Crippen LogP contribution < -0.4 is 15.4 Å². The van der Waals surface area contributed by atoms with Crippen LogP contribution in [0.2, 0.25) is 0 Å². The number of nitrogens with zero attached hydrogens (tertiary/aromatic N) is 4. The molecule has 152 valence electrons. The molecule has 0 fully saturated rings. The van der Waals surface area contributed by atoms with Gasteiger partial charge in [0.15, 0.2) is 0 Å². The zero-order valence-electron chi connectivity index (χ0n) is 16.6. The maximum Gasteiger partial charge on any atom is 0.247 e. The first-order chi connectivity index (χ1) is 14.5. The summed E-state index contributed by atoms with van der Waals surface area (Å²) in [6, 6.07) is 9.13. The summed E-state index contributed by atoms with van der Waals surface area (Å²) >= 11 is 0. The summed E-state index contributed by atoms with van der Waals surface area (Å²) in [7, 11) is 0. The number of amides is 1. The van der Waals surface area contributed by atoms with Crippen LogP contribution in [0.25, 0.3) is 11.0 Å². The molecule has 0 bridgehead atoms. The molecule has 0 aliphatic heterocycles. The highest BCUT2D eigenvalue weighted by Gasteiger charge is 2.13. The number of hydrogen-bond acceptors (Lipinski definition) is 6. The number of aromatic nitrogens is 5. The maximum absolute atomic E-state index is 11.5. The van der Waals surface area contributed by atoms with Crippen molar-refractivity contribution in [3.05, 3.63) is 61.6 Å². The summed E-state index contributed by atoms with van der Waals surface area (Å²) in [5, 5.41) is 10.9. The first-order valence-electron chi connectivity index (χ1n) is 9.39. The SMILES string of the molecule is C=CC(=O)Nc1cccc(Oc2nc(Nc3cnn(C(C)C)c3)nc3[nH]ccc23)c1. The monoisotopic (exact) mass is 403 g/mol. The maximum atomic E-state index is 11.5. The molecule has 3 aromatic heterocycles. The molecule has 0 aliphatic carbocycles. The summed E-state index contributed by atoms with van der Waals surface area (Å²) < 4.78 is 7.86. The topological polar surface area (TPSA) is 110 Å². The Kier molecular flexibility index (Phi) is 5.17. The number of rotatable bonds is 7. The Labute approximate surface area is 172 Å². The number of nitrogens with one attached hydrogen (secondary N) is 3. The summed E-state index contributed by atoms with van der Waals surface area (Å²) in [6.07, 6.45) is 6.59. The second kappa shape index (κ2) is 8.08. The minimum Gasteiger partial charge on any atom is -0.438 e. The Hall–Kier alpha value is -4.14. The number of H-pyrrole nitrogens is 1. The van der Waals surface area contributed by atoms with Crippen molar-refractivity contribution in [2.75, 3.05) is 10.6 Å². The van der Waals surface area contributed by atoms with Crippen LogP contribution in [-0.4, -0.2) is 30.6 Å². The average Bonchev–Trinajstić information content (AvgIpc) is 3.38. The van der Waals surface area contributed by atoms with Gasteiger partial charge in [-0.05, 0) is 38.1 Å². The molecule has 4 aromatic rings. The number of aromatic amines is 1. The van der Waals surface area contributed by atoms with Crippen molar-refractivity contribution in [1.82, 2.24) is 24.7 Å². The van der Waals surface area contributed by atoms with Crippen LogP contribution in [0.1, 0.15) is 19.9 Å². The van der Waals surface area contributed by atoms with Crippen LogP contribution in [0.3, 0.4) is 0 Å². The van der Waals surface area contributed by atoms with E-state index < -0.39 is 0 Å². The molecule has 9 heteroatoms. The number of carbonyl (C=O) groups is 1. The molecule has 1 amide bonds. The lowest BCUT2D eigenvalue weighted by atomic mass is 10.3. The number of carbonyl (C=O) groups excluding carboxylic acids is 1. The fourth-order valence-corrected chi connectivity index (χ4v) is 2.80. The largest absolute Gasteiger partial charge is 0.438 e. The van der Waals surface area contributed by atoms with E-state index in [9.17, 15) is 4.79 Å². The minimum atomic E-state index is -0.296. The van der Waals surface area contributed by atoms with Crippen LogP contribution in [0.5, 0.6) is 11.6 Å². The van der Waals surface area contributed by atoms with Gasteiger partial charge < -0.3 is 20.4 Å². The Morgan fingerprint density at radius 2 is 2.13 bits per heavy atom. The molecule has 3 heterocycles. The molecule has 0 spiro atoms. The fraction of sp³-hybridized carbons (Fsp3) is 0.143. The Balaban J connectivity index is 1.62. The average molecular weight is 403 g/mol. The highest BCUT2D eigenvalue weighted by atomic mass is 16.5. The summed E-state index contributed by atoms with van der Waals surface area (Å²) in [6.45, 7) is 7.56. The number of anilines is 3. The molecule has 4 rings (SSSR count). The summed E-state index contributed by atoms with van der Waals surface area (Å²) in [5.41, 5.74) is 2.00. The van der Waals surface area contributed by atoms with Gasteiger partial charge in [-0.3, -0.25) is 9.48 Å². The number of benzene rings is 1. The van der Waals surface area contributed by atoms with Gasteiger partial charge >= 0.3 is 0 Å². The predicted molar refractivity (Wildman–Crippen MR) is 115 cm³/mol. The van der Waals surface area contributed by atoms with Gasteiger partial charge in [0.25, 0.3) is 0 Å². The van der Waals surface area contributed by atoms with E-state index in [1.807, 2.05) is 16.9 Å². The Bertz CT molecular complexity index is 1210. The Morgan fingerprint density at radius 3 is 2.90 bits per heavy atom. The second-order valence-electron chi connectivity index (χ2n) is 6.84. The van der Waals surface area contributed by atoms with Gasteiger partial charge in [0, 0.05) is 30.2 Å². The smallest absolute Gasteiger partial charge is 0.247 e. The second-order valence-corrected chi connectivity index (χ2v) is 6.84. The van der Waals surface area contributed by atoms with E-state index in [-0.39, 0.29) is 11.9 Å². The molecule has 9 nitrogen and oxygen atoms in total. The van der Waals surface area contributed by atoms with Gasteiger partial charge in [-0.1, -0.05) is 12.6 Å². The van der Waals surface area contributed by atoms with Crippen LogP contribution in [0.15, 0.2) is 61.6 Å². The van der Waals surface area contributed by atoms with Crippen LogP contribution in [0.4, 0.5) is 17.3 Å². The van der Waals surface area contributed by atoms with E-state index in [4.69, 9.17) is 4.74 Å². The zero-order chi connectivity index (χ0) is 21.1. The fourth-order valence-electron chi connectivity index (χ4n) is 2.80. The van der Waals surface area contributed by atoms with Crippen LogP contribution in [0, 0.1) is 0 Å². The highest BCUT2D eigenvalue weighted by Crippen LogP contribution is 2.30. The lowest BCUT2D eigenvalue weighted by Crippen LogP contribution is -2.07. The van der Waals surface area contributed by atoms with Gasteiger partial charge in [-0.25, -0.2) is 0 Å². The van der Waals surface area contributed by atoms with Crippen molar-refractivity contribution in [2.24, 2.45) is 0 Å². The lowest BCUT2D eigenvalue weighted by Gasteiger charge is -2.10. The molecule has 0 aliphatic rings. The lowest BCUT2D eigenvalue weighted by molar-refractivity contribution is -0.111. The number of ether oxygens (including phenoxy) is 1. The zero-order valence-corrected chi connectivity index (χ0v) is 16.6. The van der Waals surface area contributed by atoms with Crippen molar-refractivity contribution in [2.45, 2.75) is 19.9 Å². The third-order valence-electron chi connectivity index (χ3n) is 4.27. The van der Waals surface area contributed by atoms with E-state index in [1.54, 1.807) is 36.7 Å². The molecular formula is C21H21N7O2. The van der Waals surface area contributed by atoms with Gasteiger partial charge in [0.1, 0.15) is 11.4 Å². The summed E-state index contributed by atoms with van der Waals surface area (Å²) in [4.78, 5) is 23.6. The molecule has 0 radical (unpaired) electrons. The molecule has 0 atom stereocenters. The van der Waals surface area contributed by atoms with Gasteiger partial charge in [-0.2, -0.15) is 15.1 Å². The highest BCUT2D eigenvalue weighted by molar-refractivity contribution is 5.99. The van der Waals surface area contributed by atoms with E-state index in [1.165, 1.54) is 6.08 Å². The number of hydrogen-bond donors (Lipinski definition) is 3. The summed E-state index contributed by atoms with van der Waals surface area (Å²) in [5.74, 6) is 0.985. The van der Waals surface area contributed by atoms with Crippen LogP contribution >= 0.6 is 0 Å². The minimum absolute atomic E-state index is 0.250. The number of fused-ring (bicyclic) bond motifs is 1. The van der Waals surface area contributed by atoms with Crippen molar-refractivity contribution >= 4 is 34.3 Å². The van der Waals surface area contributed by atoms with E-state index in [0.717, 1.165) is 11.1 Å². The van der Waals surface area contributed by atoms with E-state index in [0.29, 0.717) is 28.9 Å². The molecule has 0 saturated heterocycles. The van der Waals surface area contributed by atoms with Crippen molar-refractivity contribution in [1.29, 1.82) is 0 Å². The molecule has 0 saturated carbocycles. The first-order valence-corrected chi connectivity index (χ1v) is 9.39. The molecular weight excluding hydrogens is 382 g/mol. The Morgan fingerprint density at radius 1 is 1.27 bits per heavy atom. The third-order valence-corrected chi connectivity index (χ3v) is 4.27. The van der Waals surface area contributed by atoms with Crippen LogP contribution in [-0.2, 0) is 4.79 Å². The molecule has 30 heavy (non-hydrogen) atoms. The molecule has 1 aromatic carbocycles. The van der Waals surface area contributed by atoms with Crippen molar-refractivity contribution < 1.29 is 9.53 Å². The van der Waals surface area contributed by atoms with Gasteiger partial charge in [0.05, 0.1) is 17.3 Å². The third kappa shape index (κ3) is 4.14. The van der Waals surface area contributed by atoms with Crippen molar-refractivity contribution in [3.63, 3.8) is 0 Å². The van der Waals surface area contributed by atoms with Gasteiger partial charge in [0.2, 0.25) is 17.7 Å². The quantitative estimate of drug-likeness (QED) is 0.395. The van der Waals surface area contributed by atoms with E-state index in [2.05, 4.69) is 51.1 Å². The molecule has 3 N–H and O–H groups in total. The predicted octanol–water partition coefficient (Wildman–Crippen LogP) is 4.40. The van der Waals surface area contributed by atoms with Crippen molar-refractivity contribution in [3.8, 4) is 11.6 Å². The van der Waals surface area contributed by atoms with Gasteiger partial charge in [-0.15, -0.1) is 0 Å².